The smallest absolute Gasteiger partial charge is 0.231 e. The van der Waals surface area contributed by atoms with E-state index in [1.807, 2.05) is 0 Å². The third-order valence-electron chi connectivity index (χ3n) is 7.21. The average Bonchev–Trinajstić information content (AvgIpc) is 3.24. The summed E-state index contributed by atoms with van der Waals surface area (Å²) in [5, 5.41) is 2.69. The van der Waals surface area contributed by atoms with E-state index >= 15 is 0 Å². The predicted molar refractivity (Wildman–Crippen MR) is 126 cm³/mol. The zero-order valence-electron chi connectivity index (χ0n) is 19.0. The number of hydrogen-bond donors (Lipinski definition) is 0. The largest absolute Gasteiger partial charge is 0.454 e. The number of fused-ring (bicyclic) bond motifs is 3. The van der Waals surface area contributed by atoms with Gasteiger partial charge < -0.3 is 9.47 Å². The van der Waals surface area contributed by atoms with Crippen molar-refractivity contribution in [2.45, 2.75) is 52.4 Å². The number of ether oxygens (including phenoxy) is 2. The fraction of sp³-hybridized carbons (Fsp3) is 0.407. The fourth-order valence-corrected chi connectivity index (χ4v) is 5.45. The Bertz CT molecular complexity index is 1110. The standard InChI is InChI=1S/C27H32N2O2/c1-5-26(29-13-12-21-14-24-25(31-17-30-24)15-22(21)16-29)28(4)19(3)27-18(2)10-11-20-8-6-7-9-23(20)27/h6-11,14-15,19,26H,5,12-13,16-17H2,1-4H3. The molecule has 2 heterocycles. The molecule has 0 aromatic heterocycles. The topological polar surface area (TPSA) is 24.9 Å². The Balaban J connectivity index is 1.42. The quantitative estimate of drug-likeness (QED) is 0.535. The van der Waals surface area contributed by atoms with Crippen molar-refractivity contribution in [1.82, 2.24) is 9.80 Å². The fourth-order valence-electron chi connectivity index (χ4n) is 5.45. The lowest BCUT2D eigenvalue weighted by molar-refractivity contribution is 0.0234. The second-order valence-corrected chi connectivity index (χ2v) is 8.94. The van der Waals surface area contributed by atoms with E-state index in [0.29, 0.717) is 19.0 Å². The summed E-state index contributed by atoms with van der Waals surface area (Å²) in [4.78, 5) is 5.19. The Morgan fingerprint density at radius 2 is 1.77 bits per heavy atom. The highest BCUT2D eigenvalue weighted by Crippen LogP contribution is 2.38. The van der Waals surface area contributed by atoms with E-state index in [-0.39, 0.29) is 0 Å². The summed E-state index contributed by atoms with van der Waals surface area (Å²) >= 11 is 0. The second-order valence-electron chi connectivity index (χ2n) is 8.94. The van der Waals surface area contributed by atoms with Gasteiger partial charge in [0.15, 0.2) is 11.5 Å². The van der Waals surface area contributed by atoms with Crippen LogP contribution in [-0.2, 0) is 13.0 Å². The van der Waals surface area contributed by atoms with Crippen LogP contribution in [0.2, 0.25) is 0 Å². The molecule has 2 aliphatic heterocycles. The molecular formula is C27H32N2O2. The van der Waals surface area contributed by atoms with Crippen molar-refractivity contribution in [3.63, 3.8) is 0 Å². The Morgan fingerprint density at radius 3 is 2.55 bits per heavy atom. The van der Waals surface area contributed by atoms with Crippen LogP contribution in [-0.4, -0.2) is 36.4 Å². The normalized spacial score (nSPS) is 17.7. The molecule has 0 bridgehead atoms. The first-order chi connectivity index (χ1) is 15.1. The van der Waals surface area contributed by atoms with Crippen LogP contribution in [0.1, 0.15) is 48.6 Å². The Labute approximate surface area is 185 Å². The Kier molecular flexibility index (Phi) is 5.37. The first kappa shape index (κ1) is 20.3. The van der Waals surface area contributed by atoms with Crippen LogP contribution in [0.5, 0.6) is 11.5 Å². The predicted octanol–water partition coefficient (Wildman–Crippen LogP) is 5.66. The molecule has 4 heteroatoms. The number of benzene rings is 3. The van der Waals surface area contributed by atoms with E-state index in [4.69, 9.17) is 9.47 Å². The van der Waals surface area contributed by atoms with Gasteiger partial charge in [0.1, 0.15) is 0 Å². The summed E-state index contributed by atoms with van der Waals surface area (Å²) in [6.07, 6.45) is 2.52. The molecule has 5 rings (SSSR count). The third-order valence-corrected chi connectivity index (χ3v) is 7.21. The monoisotopic (exact) mass is 416 g/mol. The van der Waals surface area contributed by atoms with Gasteiger partial charge in [-0.1, -0.05) is 43.3 Å². The molecule has 3 aromatic carbocycles. The van der Waals surface area contributed by atoms with Crippen LogP contribution >= 0.6 is 0 Å². The van der Waals surface area contributed by atoms with Gasteiger partial charge in [-0.05, 0) is 78.9 Å². The summed E-state index contributed by atoms with van der Waals surface area (Å²) in [7, 11) is 2.29. The van der Waals surface area contributed by atoms with Gasteiger partial charge in [-0.15, -0.1) is 0 Å². The van der Waals surface area contributed by atoms with Gasteiger partial charge in [-0.25, -0.2) is 0 Å². The van der Waals surface area contributed by atoms with Gasteiger partial charge in [0.2, 0.25) is 6.79 Å². The van der Waals surface area contributed by atoms with Crippen molar-refractivity contribution in [2.75, 3.05) is 20.4 Å². The molecule has 2 aliphatic rings. The van der Waals surface area contributed by atoms with Crippen molar-refractivity contribution < 1.29 is 9.47 Å². The van der Waals surface area contributed by atoms with Crippen molar-refractivity contribution >= 4 is 10.8 Å². The van der Waals surface area contributed by atoms with E-state index in [1.54, 1.807) is 0 Å². The van der Waals surface area contributed by atoms with Gasteiger partial charge in [0, 0.05) is 19.1 Å². The zero-order valence-corrected chi connectivity index (χ0v) is 19.0. The van der Waals surface area contributed by atoms with Crippen LogP contribution in [0.15, 0.2) is 48.5 Å². The number of nitrogens with zero attached hydrogens (tertiary/aromatic N) is 2. The van der Waals surface area contributed by atoms with Crippen LogP contribution < -0.4 is 9.47 Å². The minimum absolute atomic E-state index is 0.328. The SMILES string of the molecule is CCC(N1CCc2cc3c(cc2C1)OCO3)N(C)C(C)c1c(C)ccc2ccccc12. The minimum Gasteiger partial charge on any atom is -0.454 e. The van der Waals surface area contributed by atoms with Gasteiger partial charge in [0.05, 0.1) is 6.17 Å². The summed E-state index contributed by atoms with van der Waals surface area (Å²) in [5.41, 5.74) is 5.58. The maximum atomic E-state index is 5.63. The highest BCUT2D eigenvalue weighted by Gasteiger charge is 2.30. The first-order valence-corrected chi connectivity index (χ1v) is 11.4. The lowest BCUT2D eigenvalue weighted by Crippen LogP contribution is -2.49. The number of hydrogen-bond acceptors (Lipinski definition) is 4. The van der Waals surface area contributed by atoms with Crippen molar-refractivity contribution in [2.24, 2.45) is 0 Å². The molecule has 0 saturated carbocycles. The summed E-state index contributed by atoms with van der Waals surface area (Å²) in [6, 6.07) is 18.0. The molecule has 31 heavy (non-hydrogen) atoms. The van der Waals surface area contributed by atoms with Crippen molar-refractivity contribution in [3.8, 4) is 11.5 Å². The van der Waals surface area contributed by atoms with Gasteiger partial charge in [-0.2, -0.15) is 0 Å². The van der Waals surface area contributed by atoms with Crippen molar-refractivity contribution in [1.29, 1.82) is 0 Å². The van der Waals surface area contributed by atoms with Crippen LogP contribution in [0.3, 0.4) is 0 Å². The molecular weight excluding hydrogens is 384 g/mol. The molecule has 0 saturated heterocycles. The average molecular weight is 417 g/mol. The summed E-state index contributed by atoms with van der Waals surface area (Å²) in [5.74, 6) is 1.79. The van der Waals surface area contributed by atoms with E-state index in [9.17, 15) is 0 Å². The summed E-state index contributed by atoms with van der Waals surface area (Å²) in [6.45, 7) is 9.26. The van der Waals surface area contributed by atoms with Gasteiger partial charge >= 0.3 is 0 Å². The number of aryl methyl sites for hydroxylation is 1. The first-order valence-electron chi connectivity index (χ1n) is 11.4. The Morgan fingerprint density at radius 1 is 1.03 bits per heavy atom. The van der Waals surface area contributed by atoms with Crippen LogP contribution in [0.25, 0.3) is 10.8 Å². The van der Waals surface area contributed by atoms with E-state index in [0.717, 1.165) is 37.4 Å². The Hall–Kier alpha value is -2.56. The number of rotatable bonds is 5. The molecule has 3 aromatic rings. The van der Waals surface area contributed by atoms with Gasteiger partial charge in [-0.3, -0.25) is 9.80 Å². The maximum Gasteiger partial charge on any atom is 0.231 e. The lowest BCUT2D eigenvalue weighted by Gasteiger charge is -2.43. The second kappa shape index (κ2) is 8.18. The molecule has 0 amide bonds. The molecule has 0 N–H and O–H groups in total. The molecule has 0 spiro atoms. The highest BCUT2D eigenvalue weighted by atomic mass is 16.7. The highest BCUT2D eigenvalue weighted by molar-refractivity contribution is 5.87. The van der Waals surface area contributed by atoms with Crippen LogP contribution in [0.4, 0.5) is 0 Å². The van der Waals surface area contributed by atoms with Crippen LogP contribution in [0, 0.1) is 6.92 Å². The molecule has 2 atom stereocenters. The maximum absolute atomic E-state index is 5.63. The molecule has 0 radical (unpaired) electrons. The third kappa shape index (κ3) is 3.58. The molecule has 0 aliphatic carbocycles. The molecule has 4 nitrogen and oxygen atoms in total. The van der Waals surface area contributed by atoms with E-state index < -0.39 is 0 Å². The van der Waals surface area contributed by atoms with Crippen molar-refractivity contribution in [3.05, 3.63) is 70.8 Å². The summed E-state index contributed by atoms with van der Waals surface area (Å²) < 4.78 is 11.2. The van der Waals surface area contributed by atoms with Gasteiger partial charge in [0.25, 0.3) is 0 Å². The lowest BCUT2D eigenvalue weighted by atomic mass is 9.93. The van der Waals surface area contributed by atoms with E-state index in [2.05, 4.69) is 86.1 Å². The molecule has 2 unspecified atom stereocenters. The zero-order chi connectivity index (χ0) is 21.5. The van der Waals surface area contributed by atoms with E-state index in [1.165, 1.54) is 33.0 Å². The molecule has 0 fully saturated rings. The minimum atomic E-state index is 0.328. The molecule has 162 valence electrons.